The van der Waals surface area contributed by atoms with E-state index in [-0.39, 0.29) is 0 Å². The Morgan fingerprint density at radius 1 is 1.40 bits per heavy atom. The number of likely N-dealkylation sites (tertiary alicyclic amines) is 1. The molecule has 1 heterocycles. The minimum absolute atomic E-state index is 0.476. The lowest BCUT2D eigenvalue weighted by Gasteiger charge is -2.21. The van der Waals surface area contributed by atoms with Gasteiger partial charge in [0.25, 0.3) is 0 Å². The fraction of sp³-hybridized carbons (Fsp3) is 0.600. The van der Waals surface area contributed by atoms with Gasteiger partial charge in [0.05, 0.1) is 16.8 Å². The molecule has 0 saturated carbocycles. The lowest BCUT2D eigenvalue weighted by atomic mass is 10.1. The fourth-order valence-corrected chi connectivity index (χ4v) is 3.49. The average molecular weight is 362 g/mol. The van der Waals surface area contributed by atoms with Gasteiger partial charge in [0.15, 0.2) is 5.75 Å². The molecule has 1 aliphatic rings. The molecule has 1 aromatic carbocycles. The van der Waals surface area contributed by atoms with E-state index in [4.69, 9.17) is 16.3 Å². The molecule has 0 amide bonds. The van der Waals surface area contributed by atoms with E-state index in [0.717, 1.165) is 28.9 Å². The Kier molecular flexibility index (Phi) is 6.00. The summed E-state index contributed by atoms with van der Waals surface area (Å²) in [5.74, 6) is 0.856. The summed E-state index contributed by atoms with van der Waals surface area (Å²) < 4.78 is 6.64. The van der Waals surface area contributed by atoms with Gasteiger partial charge in [0, 0.05) is 11.1 Å². The standard InChI is InChI=1S/C15H22BrClN2O/c1-3-20-15-13(16)9-11(17)10-14(15)18-12-5-4-7-19(2)8-6-12/h9-10,12,18H,3-8H2,1-2H3. The zero-order chi connectivity index (χ0) is 14.5. The van der Waals surface area contributed by atoms with Crippen LogP contribution in [0.4, 0.5) is 5.69 Å². The third kappa shape index (κ3) is 4.27. The van der Waals surface area contributed by atoms with Crippen LogP contribution in [0, 0.1) is 0 Å². The van der Waals surface area contributed by atoms with Crippen LogP contribution >= 0.6 is 27.5 Å². The second kappa shape index (κ2) is 7.53. The summed E-state index contributed by atoms with van der Waals surface area (Å²) in [6, 6.07) is 4.30. The Morgan fingerprint density at radius 3 is 2.95 bits per heavy atom. The molecule has 0 spiro atoms. The van der Waals surface area contributed by atoms with Crippen LogP contribution in [0.2, 0.25) is 5.02 Å². The second-order valence-corrected chi connectivity index (χ2v) is 6.56. The number of hydrogen-bond acceptors (Lipinski definition) is 3. The van der Waals surface area contributed by atoms with Gasteiger partial charge in [-0.3, -0.25) is 0 Å². The molecule has 1 N–H and O–H groups in total. The van der Waals surface area contributed by atoms with Crippen LogP contribution in [-0.4, -0.2) is 37.7 Å². The van der Waals surface area contributed by atoms with Gasteiger partial charge in [0.1, 0.15) is 0 Å². The molecule has 1 fully saturated rings. The largest absolute Gasteiger partial charge is 0.491 e. The molecule has 0 aliphatic carbocycles. The zero-order valence-electron chi connectivity index (χ0n) is 12.1. The molecule has 3 nitrogen and oxygen atoms in total. The molecule has 20 heavy (non-hydrogen) atoms. The summed E-state index contributed by atoms with van der Waals surface area (Å²) in [5.41, 5.74) is 0.987. The van der Waals surface area contributed by atoms with Gasteiger partial charge in [0.2, 0.25) is 0 Å². The number of rotatable bonds is 4. The first kappa shape index (κ1) is 15.9. The molecule has 2 rings (SSSR count). The molecule has 5 heteroatoms. The number of ether oxygens (including phenoxy) is 1. The maximum atomic E-state index is 6.16. The van der Waals surface area contributed by atoms with E-state index >= 15 is 0 Å². The third-order valence-corrected chi connectivity index (χ3v) is 4.42. The van der Waals surface area contributed by atoms with Crippen LogP contribution in [0.5, 0.6) is 5.75 Å². The molecular formula is C15H22BrClN2O. The van der Waals surface area contributed by atoms with Crippen molar-refractivity contribution in [2.75, 3.05) is 32.1 Å². The first-order chi connectivity index (χ1) is 9.60. The topological polar surface area (TPSA) is 24.5 Å². The van der Waals surface area contributed by atoms with Crippen molar-refractivity contribution in [3.8, 4) is 5.75 Å². The monoisotopic (exact) mass is 360 g/mol. The van der Waals surface area contributed by atoms with Gasteiger partial charge in [-0.05, 0) is 74.4 Å². The van der Waals surface area contributed by atoms with Gasteiger partial charge in [-0.2, -0.15) is 0 Å². The highest BCUT2D eigenvalue weighted by Gasteiger charge is 2.17. The number of benzene rings is 1. The second-order valence-electron chi connectivity index (χ2n) is 5.27. The number of hydrogen-bond donors (Lipinski definition) is 1. The van der Waals surface area contributed by atoms with Gasteiger partial charge in [-0.15, -0.1) is 0 Å². The predicted octanol–water partition coefficient (Wildman–Crippen LogP) is 4.40. The highest BCUT2D eigenvalue weighted by Crippen LogP contribution is 2.37. The average Bonchev–Trinajstić information content (AvgIpc) is 2.59. The lowest BCUT2D eigenvalue weighted by Crippen LogP contribution is -2.23. The molecule has 0 radical (unpaired) electrons. The lowest BCUT2D eigenvalue weighted by molar-refractivity contribution is 0.338. The minimum Gasteiger partial charge on any atom is -0.491 e. The summed E-state index contributed by atoms with van der Waals surface area (Å²) in [6.07, 6.45) is 3.55. The Hall–Kier alpha value is -0.450. The van der Waals surface area contributed by atoms with Crippen LogP contribution < -0.4 is 10.1 Å². The summed E-state index contributed by atoms with van der Waals surface area (Å²) >= 11 is 9.69. The molecule has 1 unspecified atom stereocenters. The van der Waals surface area contributed by atoms with Gasteiger partial charge in [-0.1, -0.05) is 11.6 Å². The summed E-state index contributed by atoms with van der Waals surface area (Å²) in [4.78, 5) is 2.39. The third-order valence-electron chi connectivity index (χ3n) is 3.61. The van der Waals surface area contributed by atoms with Crippen molar-refractivity contribution in [3.63, 3.8) is 0 Å². The van der Waals surface area contributed by atoms with Gasteiger partial charge < -0.3 is 15.0 Å². The summed E-state index contributed by atoms with van der Waals surface area (Å²) in [7, 11) is 2.18. The quantitative estimate of drug-likeness (QED) is 0.860. The van der Waals surface area contributed by atoms with E-state index in [1.54, 1.807) is 0 Å². The van der Waals surface area contributed by atoms with E-state index in [1.165, 1.54) is 19.4 Å². The van der Waals surface area contributed by atoms with E-state index in [0.29, 0.717) is 17.7 Å². The zero-order valence-corrected chi connectivity index (χ0v) is 14.4. The van der Waals surface area contributed by atoms with Crippen molar-refractivity contribution in [3.05, 3.63) is 21.6 Å². The van der Waals surface area contributed by atoms with E-state index in [1.807, 2.05) is 19.1 Å². The van der Waals surface area contributed by atoms with Crippen molar-refractivity contribution in [1.82, 2.24) is 4.90 Å². The van der Waals surface area contributed by atoms with E-state index < -0.39 is 0 Å². The Bertz CT molecular complexity index is 456. The molecule has 0 aromatic heterocycles. The highest BCUT2D eigenvalue weighted by atomic mass is 79.9. The smallest absolute Gasteiger partial charge is 0.156 e. The normalized spacial score (nSPS) is 20.5. The summed E-state index contributed by atoms with van der Waals surface area (Å²) in [5, 5.41) is 4.33. The van der Waals surface area contributed by atoms with Crippen molar-refractivity contribution in [2.24, 2.45) is 0 Å². The number of anilines is 1. The first-order valence-electron chi connectivity index (χ1n) is 7.17. The Balaban J connectivity index is 2.14. The van der Waals surface area contributed by atoms with Crippen molar-refractivity contribution < 1.29 is 4.74 Å². The van der Waals surface area contributed by atoms with Crippen LogP contribution in [-0.2, 0) is 0 Å². The molecular weight excluding hydrogens is 340 g/mol. The predicted molar refractivity (Wildman–Crippen MR) is 89.1 cm³/mol. The number of halogens is 2. The molecule has 1 aliphatic heterocycles. The minimum atomic E-state index is 0.476. The van der Waals surface area contributed by atoms with E-state index in [9.17, 15) is 0 Å². The van der Waals surface area contributed by atoms with Crippen molar-refractivity contribution in [1.29, 1.82) is 0 Å². The maximum absolute atomic E-state index is 6.16. The Morgan fingerprint density at radius 2 is 2.20 bits per heavy atom. The van der Waals surface area contributed by atoms with Gasteiger partial charge >= 0.3 is 0 Å². The molecule has 1 atom stereocenters. The molecule has 0 bridgehead atoms. The number of nitrogens with one attached hydrogen (secondary N) is 1. The van der Waals surface area contributed by atoms with Crippen LogP contribution in [0.3, 0.4) is 0 Å². The Labute approximate surface area is 134 Å². The van der Waals surface area contributed by atoms with Crippen LogP contribution in [0.25, 0.3) is 0 Å². The molecule has 1 saturated heterocycles. The molecule has 112 valence electrons. The number of nitrogens with zero attached hydrogens (tertiary/aromatic N) is 1. The first-order valence-corrected chi connectivity index (χ1v) is 8.34. The highest BCUT2D eigenvalue weighted by molar-refractivity contribution is 9.10. The van der Waals surface area contributed by atoms with Crippen LogP contribution in [0.1, 0.15) is 26.2 Å². The van der Waals surface area contributed by atoms with Crippen molar-refractivity contribution >= 4 is 33.2 Å². The molecule has 1 aromatic rings. The van der Waals surface area contributed by atoms with E-state index in [2.05, 4.69) is 33.2 Å². The summed E-state index contributed by atoms with van der Waals surface area (Å²) in [6.45, 7) is 4.94. The fourth-order valence-electron chi connectivity index (χ4n) is 2.56. The van der Waals surface area contributed by atoms with Crippen LogP contribution in [0.15, 0.2) is 16.6 Å². The maximum Gasteiger partial charge on any atom is 0.156 e. The van der Waals surface area contributed by atoms with Gasteiger partial charge in [-0.25, -0.2) is 0 Å². The van der Waals surface area contributed by atoms with Crippen molar-refractivity contribution in [2.45, 2.75) is 32.2 Å². The SMILES string of the molecule is CCOc1c(Br)cc(Cl)cc1NC1CCCN(C)CC1.